The highest BCUT2D eigenvalue weighted by atomic mass is 19.2. The number of nitrogens with one attached hydrogen (secondary N) is 1. The second-order valence-electron chi connectivity index (χ2n) is 7.57. The van der Waals surface area contributed by atoms with Crippen molar-refractivity contribution < 1.29 is 22.9 Å². The zero-order valence-electron chi connectivity index (χ0n) is 14.4. The number of carbonyl (C=O) groups is 1. The van der Waals surface area contributed by atoms with Crippen LogP contribution in [0.2, 0.25) is 0 Å². The summed E-state index contributed by atoms with van der Waals surface area (Å²) in [6.07, 6.45) is 2.13. The molecule has 3 rings (SSSR count). The average molecular weight is 337 g/mol. The summed E-state index contributed by atoms with van der Waals surface area (Å²) in [4.78, 5) is 12.0. The van der Waals surface area contributed by atoms with Gasteiger partial charge < -0.3 is 14.6 Å². The summed E-state index contributed by atoms with van der Waals surface area (Å²) in [6, 6.07) is 2.63. The molecule has 1 aromatic carbocycles. The second kappa shape index (κ2) is 5.81. The SMILES string of the molecule is CC1(C)OB(c2ccc(C(=O)NCC3CC3)c(F)c2F)OC1(C)C. The van der Waals surface area contributed by atoms with Crippen LogP contribution < -0.4 is 10.8 Å². The normalized spacial score (nSPS) is 21.8. The molecule has 130 valence electrons. The monoisotopic (exact) mass is 337 g/mol. The number of rotatable bonds is 4. The lowest BCUT2D eigenvalue weighted by Gasteiger charge is -2.32. The van der Waals surface area contributed by atoms with Crippen LogP contribution in [0.1, 0.15) is 50.9 Å². The molecule has 0 radical (unpaired) electrons. The van der Waals surface area contributed by atoms with Crippen LogP contribution in [0.5, 0.6) is 0 Å². The fraction of sp³-hybridized carbons (Fsp3) is 0.588. The lowest BCUT2D eigenvalue weighted by atomic mass is 9.78. The van der Waals surface area contributed by atoms with Gasteiger partial charge in [-0.15, -0.1) is 0 Å². The van der Waals surface area contributed by atoms with Crippen LogP contribution in [0.25, 0.3) is 0 Å². The van der Waals surface area contributed by atoms with Gasteiger partial charge in [-0.3, -0.25) is 4.79 Å². The van der Waals surface area contributed by atoms with E-state index in [2.05, 4.69) is 5.32 Å². The van der Waals surface area contributed by atoms with E-state index in [0.29, 0.717) is 12.5 Å². The van der Waals surface area contributed by atoms with Gasteiger partial charge in [-0.05, 0) is 52.5 Å². The highest BCUT2D eigenvalue weighted by Crippen LogP contribution is 2.36. The van der Waals surface area contributed by atoms with Crippen molar-refractivity contribution in [2.45, 2.75) is 51.7 Å². The Morgan fingerprint density at radius 1 is 1.17 bits per heavy atom. The summed E-state index contributed by atoms with van der Waals surface area (Å²) < 4.78 is 40.3. The summed E-state index contributed by atoms with van der Waals surface area (Å²) in [5, 5.41) is 2.64. The molecule has 1 saturated heterocycles. The molecule has 0 bridgehead atoms. The van der Waals surface area contributed by atoms with Crippen molar-refractivity contribution in [3.05, 3.63) is 29.3 Å². The Hall–Kier alpha value is -1.47. The van der Waals surface area contributed by atoms with Crippen molar-refractivity contribution in [2.24, 2.45) is 5.92 Å². The van der Waals surface area contributed by atoms with E-state index in [1.54, 1.807) is 0 Å². The topological polar surface area (TPSA) is 47.6 Å². The van der Waals surface area contributed by atoms with Gasteiger partial charge in [-0.1, -0.05) is 6.07 Å². The van der Waals surface area contributed by atoms with Crippen LogP contribution in [0.3, 0.4) is 0 Å². The lowest BCUT2D eigenvalue weighted by molar-refractivity contribution is 0.00578. The second-order valence-corrected chi connectivity index (χ2v) is 7.57. The zero-order valence-corrected chi connectivity index (χ0v) is 14.4. The number of hydrogen-bond donors (Lipinski definition) is 1. The first kappa shape index (κ1) is 17.4. The molecule has 1 heterocycles. The summed E-state index contributed by atoms with van der Waals surface area (Å²) in [6.45, 7) is 7.84. The number of hydrogen-bond acceptors (Lipinski definition) is 3. The molecule has 0 atom stereocenters. The maximum absolute atomic E-state index is 14.5. The average Bonchev–Trinajstić information content (AvgIpc) is 3.27. The molecule has 2 fully saturated rings. The number of carbonyl (C=O) groups excluding carboxylic acids is 1. The van der Waals surface area contributed by atoms with Crippen molar-refractivity contribution in [3.8, 4) is 0 Å². The lowest BCUT2D eigenvalue weighted by Crippen LogP contribution is -2.41. The first-order chi connectivity index (χ1) is 11.1. The van der Waals surface area contributed by atoms with Crippen LogP contribution in [-0.4, -0.2) is 30.8 Å². The summed E-state index contributed by atoms with van der Waals surface area (Å²) >= 11 is 0. The molecule has 1 amide bonds. The predicted molar refractivity (Wildman–Crippen MR) is 87.1 cm³/mol. The van der Waals surface area contributed by atoms with E-state index in [1.807, 2.05) is 27.7 Å². The molecule has 1 aliphatic heterocycles. The first-order valence-electron chi connectivity index (χ1n) is 8.24. The van der Waals surface area contributed by atoms with Crippen LogP contribution >= 0.6 is 0 Å². The van der Waals surface area contributed by atoms with Gasteiger partial charge in [-0.25, -0.2) is 8.78 Å². The Morgan fingerprint density at radius 2 is 1.75 bits per heavy atom. The Morgan fingerprint density at radius 3 is 2.29 bits per heavy atom. The summed E-state index contributed by atoms with van der Waals surface area (Å²) in [5.41, 5.74) is -1.64. The molecule has 24 heavy (non-hydrogen) atoms. The molecule has 7 heteroatoms. The Balaban J connectivity index is 1.81. The van der Waals surface area contributed by atoms with Gasteiger partial charge in [0, 0.05) is 12.0 Å². The van der Waals surface area contributed by atoms with Gasteiger partial charge in [-0.2, -0.15) is 0 Å². The van der Waals surface area contributed by atoms with Crippen LogP contribution in [0.4, 0.5) is 8.78 Å². The van der Waals surface area contributed by atoms with Gasteiger partial charge in [0.1, 0.15) is 0 Å². The Kier molecular flexibility index (Phi) is 4.20. The van der Waals surface area contributed by atoms with Crippen molar-refractivity contribution in [1.82, 2.24) is 5.32 Å². The van der Waals surface area contributed by atoms with E-state index in [0.717, 1.165) is 12.8 Å². The fourth-order valence-electron chi connectivity index (χ4n) is 2.55. The van der Waals surface area contributed by atoms with Crippen LogP contribution in [0, 0.1) is 17.6 Å². The first-order valence-corrected chi connectivity index (χ1v) is 8.24. The van der Waals surface area contributed by atoms with E-state index in [9.17, 15) is 13.6 Å². The largest absolute Gasteiger partial charge is 0.497 e. The van der Waals surface area contributed by atoms with Gasteiger partial charge >= 0.3 is 7.12 Å². The van der Waals surface area contributed by atoms with Crippen molar-refractivity contribution in [1.29, 1.82) is 0 Å². The summed E-state index contributed by atoms with van der Waals surface area (Å²) in [7, 11) is -1.01. The molecule has 0 aromatic heterocycles. The van der Waals surface area contributed by atoms with Crippen LogP contribution in [0.15, 0.2) is 12.1 Å². The highest BCUT2D eigenvalue weighted by Gasteiger charge is 2.52. The Bertz CT molecular complexity index is 658. The van der Waals surface area contributed by atoms with Crippen molar-refractivity contribution in [3.63, 3.8) is 0 Å². The third-order valence-corrected chi connectivity index (χ3v) is 5.11. The zero-order chi connectivity index (χ0) is 17.7. The number of halogens is 2. The van der Waals surface area contributed by atoms with Gasteiger partial charge in [0.15, 0.2) is 11.6 Å². The molecule has 0 spiro atoms. The standard InChI is InChI=1S/C17H22BF2NO3/c1-16(2)17(3,4)24-18(23-16)12-8-7-11(13(19)14(12)20)15(22)21-9-10-5-6-10/h7-8,10H,5-6,9H2,1-4H3,(H,21,22). The van der Waals surface area contributed by atoms with Crippen LogP contribution in [-0.2, 0) is 9.31 Å². The van der Waals surface area contributed by atoms with Crippen molar-refractivity contribution >= 4 is 18.5 Å². The quantitative estimate of drug-likeness (QED) is 0.859. The highest BCUT2D eigenvalue weighted by molar-refractivity contribution is 6.62. The minimum atomic E-state index is -1.17. The molecular weight excluding hydrogens is 315 g/mol. The third-order valence-electron chi connectivity index (χ3n) is 5.11. The van der Waals surface area contributed by atoms with E-state index in [-0.39, 0.29) is 11.0 Å². The minimum absolute atomic E-state index is 0.0371. The van der Waals surface area contributed by atoms with E-state index >= 15 is 0 Å². The molecule has 4 nitrogen and oxygen atoms in total. The third kappa shape index (κ3) is 3.07. The van der Waals surface area contributed by atoms with Gasteiger partial charge in [0.25, 0.3) is 5.91 Å². The Labute approximate surface area is 141 Å². The molecule has 1 aliphatic carbocycles. The fourth-order valence-corrected chi connectivity index (χ4v) is 2.55. The van der Waals surface area contributed by atoms with Gasteiger partial charge in [0.2, 0.25) is 0 Å². The molecule has 1 aromatic rings. The number of benzene rings is 1. The smallest absolute Gasteiger partial charge is 0.399 e. The molecule has 1 saturated carbocycles. The van der Waals surface area contributed by atoms with E-state index in [4.69, 9.17) is 9.31 Å². The maximum atomic E-state index is 14.5. The molecular formula is C17H22BF2NO3. The van der Waals surface area contributed by atoms with Gasteiger partial charge in [0.05, 0.1) is 16.8 Å². The number of amides is 1. The minimum Gasteiger partial charge on any atom is -0.399 e. The van der Waals surface area contributed by atoms with E-state index < -0.39 is 35.9 Å². The maximum Gasteiger partial charge on any atom is 0.497 e. The predicted octanol–water partition coefficient (Wildman–Crippen LogP) is 2.40. The molecule has 2 aliphatic rings. The van der Waals surface area contributed by atoms with E-state index in [1.165, 1.54) is 12.1 Å². The summed E-state index contributed by atoms with van der Waals surface area (Å²) in [5.74, 6) is -2.41. The molecule has 1 N–H and O–H groups in total. The molecule has 0 unspecified atom stereocenters. The van der Waals surface area contributed by atoms with Crippen molar-refractivity contribution in [2.75, 3.05) is 6.54 Å².